The van der Waals surface area contributed by atoms with E-state index in [0.717, 1.165) is 81.2 Å². The number of aliphatic imine (C=N–C) groups is 1. The van der Waals surface area contributed by atoms with Gasteiger partial charge in [-0.05, 0) is 335 Å². The van der Waals surface area contributed by atoms with Crippen LogP contribution in [0.2, 0.25) is 0 Å². The fourth-order valence-electron chi connectivity index (χ4n) is 26.9. The third kappa shape index (κ3) is 17.1. The van der Waals surface area contributed by atoms with Crippen molar-refractivity contribution in [3.8, 4) is 0 Å². The van der Waals surface area contributed by atoms with Crippen LogP contribution in [0, 0.1) is 51.8 Å². The molecule has 7 aliphatic heterocycles. The van der Waals surface area contributed by atoms with Crippen molar-refractivity contribution in [2.75, 3.05) is 36.4 Å². The Kier molecular flexibility index (Phi) is 23.6. The number of benzene rings is 9. The zero-order valence-electron chi connectivity index (χ0n) is 93.4. The fourth-order valence-corrected chi connectivity index (χ4v) is 26.9. The van der Waals surface area contributed by atoms with Gasteiger partial charge in [-0.25, -0.2) is 4.99 Å². The molecule has 9 nitrogen and oxygen atoms in total. The molecular weight excluding hydrogens is 1760 g/mol. The molecule has 0 fully saturated rings. The van der Waals surface area contributed by atoms with Gasteiger partial charge in [0.1, 0.15) is 18.2 Å². The molecule has 8 unspecified atom stereocenters. The minimum atomic E-state index is -0.484. The number of fused-ring (bicyclic) bond motifs is 11. The second-order valence-electron chi connectivity index (χ2n) is 55.3. The molecule has 9 aromatic rings. The Balaban J connectivity index is 0.791. The minimum Gasteiger partial charge on any atom is -0.350 e. The average Bonchev–Trinajstić information content (AvgIpc) is 0.702. The smallest absolute Gasteiger partial charge is 0.251 e. The largest absolute Gasteiger partial charge is 0.350 e. The first-order chi connectivity index (χ1) is 68.2. The summed E-state index contributed by atoms with van der Waals surface area (Å²) in [5.41, 5.74) is 47.8. The van der Waals surface area contributed by atoms with Crippen LogP contribution < -0.4 is 62.0 Å². The number of allylic oxidation sites excluding steroid dienone is 16. The first-order valence-electron chi connectivity index (χ1n) is 55.4. The molecule has 13 aliphatic rings. The maximum atomic E-state index is 6.51. The van der Waals surface area contributed by atoms with Crippen LogP contribution in [0.5, 0.6) is 0 Å². The zero-order valence-corrected chi connectivity index (χ0v) is 93.4. The zero-order chi connectivity index (χ0) is 103. The van der Waals surface area contributed by atoms with Gasteiger partial charge in [0, 0.05) is 108 Å². The lowest BCUT2D eigenvalue weighted by atomic mass is 9.30. The molecule has 0 aromatic heterocycles. The summed E-state index contributed by atoms with van der Waals surface area (Å²) in [5, 5.41) is 4.55. The van der Waals surface area contributed by atoms with E-state index in [9.17, 15) is 0 Å². The molecule has 8 atom stereocenters. The summed E-state index contributed by atoms with van der Waals surface area (Å²) in [6.07, 6.45) is 27.6. The Morgan fingerprint density at radius 2 is 0.710 bits per heavy atom. The maximum Gasteiger partial charge on any atom is 0.251 e. The summed E-state index contributed by atoms with van der Waals surface area (Å²) in [6.45, 7) is 72.0. The molecule has 7 heterocycles. The van der Waals surface area contributed by atoms with Crippen molar-refractivity contribution in [2.24, 2.45) is 56.7 Å². The summed E-state index contributed by atoms with van der Waals surface area (Å²) in [6, 6.07) is 77.0. The fraction of sp³-hybridized carbons (Fsp3) is 0.436. The SMILES string of the molecule is CC1C=C2C3=C(C1)N(C1=CCC(C(C)(C)C)CC1)c1ccc(C4NC(c5ccc6c(c5)B5C7=C(CC(C)C=C7N(C7=CCC(C(C)(C)C)C=C7)c7ccc(C(C)(C)C)cc75)N6c5ccc(C(C)(C)C)cc5)=NC(c5ccc6c(c5)B5C7=C(CC(C)C=C7N(c7ccc(C(C)(C)C)cc7)c7ccc(C(C)(C)C)cc75)N6c5ccc(C(C)(C)C)cc5)N4C)cc1B3C1=C(CCC(C(C)(C)C)C1)N2c1ccc(C(C)(C)C)cc1. The molecule has 12 heteroatoms. The van der Waals surface area contributed by atoms with Gasteiger partial charge < -0.3 is 34.7 Å². The molecule has 0 saturated carbocycles. The van der Waals surface area contributed by atoms with Crippen molar-refractivity contribution in [1.29, 1.82) is 0 Å². The Hall–Kier alpha value is -11.2. The highest BCUT2D eigenvalue weighted by Crippen LogP contribution is 2.59. The highest BCUT2D eigenvalue weighted by Gasteiger charge is 2.55. The van der Waals surface area contributed by atoms with Gasteiger partial charge in [-0.1, -0.05) is 353 Å². The normalized spacial score (nSPS) is 22.9. The maximum absolute atomic E-state index is 6.51. The van der Waals surface area contributed by atoms with E-state index in [-0.39, 0.29) is 86.9 Å². The number of anilines is 9. The summed E-state index contributed by atoms with van der Waals surface area (Å²) < 4.78 is 0. The molecule has 6 aliphatic carbocycles. The van der Waals surface area contributed by atoms with Crippen molar-refractivity contribution < 1.29 is 0 Å². The van der Waals surface area contributed by atoms with Crippen LogP contribution in [0.15, 0.2) is 309 Å². The van der Waals surface area contributed by atoms with Gasteiger partial charge in [0.2, 0.25) is 6.71 Å². The molecular formula is C133H160B3N9. The lowest BCUT2D eigenvalue weighted by molar-refractivity contribution is 0.152. The molecule has 746 valence electrons. The monoisotopic (exact) mass is 1920 g/mol. The molecule has 1 N–H and O–H groups in total. The number of amidine groups is 1. The summed E-state index contributed by atoms with van der Waals surface area (Å²) in [4.78, 5) is 25.5. The number of nitrogens with zero attached hydrogens (tertiary/aromatic N) is 8. The molecule has 22 rings (SSSR count). The van der Waals surface area contributed by atoms with Crippen LogP contribution in [0.1, 0.15) is 334 Å². The Labute approximate surface area is 872 Å². The molecule has 0 spiro atoms. The van der Waals surface area contributed by atoms with E-state index in [4.69, 9.17) is 4.99 Å². The predicted molar refractivity (Wildman–Crippen MR) is 623 cm³/mol. The van der Waals surface area contributed by atoms with E-state index in [1.807, 2.05) is 0 Å². The van der Waals surface area contributed by atoms with Gasteiger partial charge in [-0.2, -0.15) is 0 Å². The number of hydrogen-bond acceptors (Lipinski definition) is 9. The third-order valence-corrected chi connectivity index (χ3v) is 35.6. The van der Waals surface area contributed by atoms with Crippen LogP contribution in [0.3, 0.4) is 0 Å². The second kappa shape index (κ2) is 34.7. The number of nitrogens with one attached hydrogen (secondary N) is 1. The average molecular weight is 1920 g/mol. The van der Waals surface area contributed by atoms with Crippen molar-refractivity contribution in [3.05, 3.63) is 354 Å². The van der Waals surface area contributed by atoms with Crippen LogP contribution in [0.25, 0.3) is 0 Å². The third-order valence-electron chi connectivity index (χ3n) is 35.6. The Bertz CT molecular complexity index is 7150. The van der Waals surface area contributed by atoms with Crippen molar-refractivity contribution >= 4 is 104 Å². The van der Waals surface area contributed by atoms with Gasteiger partial charge in [0.05, 0.1) is 0 Å². The van der Waals surface area contributed by atoms with E-state index < -0.39 is 6.17 Å². The van der Waals surface area contributed by atoms with E-state index in [1.54, 1.807) is 5.47 Å². The Morgan fingerprint density at radius 3 is 1.17 bits per heavy atom. The van der Waals surface area contributed by atoms with E-state index in [1.165, 1.54) is 185 Å². The number of hydrogen-bond donors (Lipinski definition) is 1. The minimum absolute atomic E-state index is 0.0128. The lowest BCUT2D eigenvalue weighted by Crippen LogP contribution is -2.58. The number of rotatable bonds is 9. The van der Waals surface area contributed by atoms with Crippen LogP contribution in [-0.4, -0.2) is 37.9 Å². The van der Waals surface area contributed by atoms with E-state index in [2.05, 4.69) is 485 Å². The van der Waals surface area contributed by atoms with E-state index >= 15 is 0 Å². The highest BCUT2D eigenvalue weighted by atomic mass is 15.4. The van der Waals surface area contributed by atoms with Gasteiger partial charge >= 0.3 is 0 Å². The quantitative estimate of drug-likeness (QED) is 0.144. The highest BCUT2D eigenvalue weighted by molar-refractivity contribution is 6.95. The molecule has 0 radical (unpaired) electrons. The lowest BCUT2D eigenvalue weighted by Gasteiger charge is -2.52. The molecule has 0 amide bonds. The van der Waals surface area contributed by atoms with Crippen molar-refractivity contribution in [3.63, 3.8) is 0 Å². The molecule has 145 heavy (non-hydrogen) atoms. The van der Waals surface area contributed by atoms with Crippen molar-refractivity contribution in [2.45, 2.75) is 317 Å². The second-order valence-corrected chi connectivity index (χ2v) is 55.3. The molecule has 0 bridgehead atoms. The Morgan fingerprint density at radius 1 is 0.331 bits per heavy atom. The summed E-state index contributed by atoms with van der Waals surface area (Å²) >= 11 is 0. The van der Waals surface area contributed by atoms with Gasteiger partial charge in [0.25, 0.3) is 13.4 Å². The van der Waals surface area contributed by atoms with Crippen LogP contribution in [0.4, 0.5) is 51.2 Å². The summed E-state index contributed by atoms with van der Waals surface area (Å²) in [7, 11) is 2.40. The van der Waals surface area contributed by atoms with Crippen LogP contribution in [-0.2, 0) is 32.5 Å². The van der Waals surface area contributed by atoms with Gasteiger partial charge in [0.15, 0.2) is 0 Å². The van der Waals surface area contributed by atoms with E-state index in [0.29, 0.717) is 23.7 Å². The first-order valence-corrected chi connectivity index (χ1v) is 55.4. The topological polar surface area (TPSA) is 47.1 Å². The van der Waals surface area contributed by atoms with Gasteiger partial charge in [-0.3, -0.25) is 4.90 Å². The van der Waals surface area contributed by atoms with Crippen LogP contribution >= 0.6 is 0 Å². The van der Waals surface area contributed by atoms with Crippen molar-refractivity contribution in [1.82, 2.24) is 10.2 Å². The first kappa shape index (κ1) is 98.5. The molecule has 9 aromatic carbocycles. The molecule has 0 saturated heterocycles. The van der Waals surface area contributed by atoms with Gasteiger partial charge in [-0.15, -0.1) is 0 Å². The standard InChI is InChI=1S/C133H160B3N9/c1-80-68-113-119-116(71-80)143(98-56-41-89(42-57-98)128(13,14)15)110-65-47-92(131(22,23)24)77-104(110)134(119)101-74-83(32-62-107(101)140(113)95-50-35-86(36-51-95)125(4,5)6)122-137-123(84-33-63-108-102(75-84)135-105-78-93(132(25,26)27)48-66-111(105)144(99-58-43-90(44-59-99)129(16,17)18)117-72-81(2)69-114(120(117)135)141(108)96-52-37-87(38-53-96)126(7,8)9)139(31)124(138-122)85-34-64-109-103(76-85)136-106-79-94(133(28,29)30)49-67-112(106)145(100-60-45-91(46-61-100)130(19,20)21)118-73-82(3)70-115(121(118)136)142(109)97-54-39-88(40-55-97)127(10,11)12/h32-38,41,43-48,50-54,56-66,71-78,80-82,88-89,94,123-124H,39-40,42,49,55,67-70,79H2,1-31H3,(H,137,138). The predicted octanol–water partition coefficient (Wildman–Crippen LogP) is 30.7. The summed E-state index contributed by atoms with van der Waals surface area (Å²) in [5.74, 6) is 3.23.